The molecule has 2 heterocycles. The fourth-order valence-electron chi connectivity index (χ4n) is 4.76. The lowest BCUT2D eigenvalue weighted by atomic mass is 10.0. The van der Waals surface area contributed by atoms with Crippen LogP contribution in [0.2, 0.25) is 0 Å². The van der Waals surface area contributed by atoms with Gasteiger partial charge in [-0.1, -0.05) is 0 Å². The Labute approximate surface area is 243 Å². The number of aromatic nitrogens is 1. The first-order valence-electron chi connectivity index (χ1n) is 13.5. The molecule has 1 aliphatic rings. The summed E-state index contributed by atoms with van der Waals surface area (Å²) in [6.07, 6.45) is 2.69. The highest BCUT2D eigenvalue weighted by molar-refractivity contribution is 7.76. The molecular formula is C30H30FN3O7S. The number of nitrogens with zero attached hydrogens (tertiary/aromatic N) is 2. The number of carboxylic acid groups (broad SMARTS) is 1. The van der Waals surface area contributed by atoms with Crippen LogP contribution in [0.25, 0.3) is 22.4 Å². The van der Waals surface area contributed by atoms with Crippen molar-refractivity contribution in [2.45, 2.75) is 44.6 Å². The summed E-state index contributed by atoms with van der Waals surface area (Å²) in [5.74, 6) is -0.0903. The fourth-order valence-corrected chi connectivity index (χ4v) is 5.28. The molecule has 2 aromatic carbocycles. The van der Waals surface area contributed by atoms with E-state index in [0.717, 1.165) is 18.4 Å². The van der Waals surface area contributed by atoms with Gasteiger partial charge in [0.1, 0.15) is 23.1 Å². The Morgan fingerprint density at radius 1 is 1.12 bits per heavy atom. The number of benzene rings is 2. The monoisotopic (exact) mass is 595 g/mol. The average Bonchev–Trinajstić information content (AvgIpc) is 3.75. The summed E-state index contributed by atoms with van der Waals surface area (Å²) >= 11 is -2.29. The van der Waals surface area contributed by atoms with E-state index >= 15 is 0 Å². The Morgan fingerprint density at radius 3 is 2.38 bits per heavy atom. The van der Waals surface area contributed by atoms with Crippen molar-refractivity contribution < 1.29 is 37.0 Å². The molecule has 2 aromatic heterocycles. The van der Waals surface area contributed by atoms with Crippen LogP contribution in [0.1, 0.15) is 59.6 Å². The molecule has 0 bridgehead atoms. The standard InChI is InChI=1S/C30H30FN3O7S/c1-32-29(37)27-24-16-23(18-5-6-18)25(17-34(42(38)39)15-3-2-4-26(35)36)33-30(24)41-28(27)19-7-11-21(12-8-19)40-22-13-9-20(31)10-14-22/h7-14,16,18H,2-6,15,17H2,1H3,(H,32,37)(H,35,36)(H,38,39). The van der Waals surface area contributed by atoms with Crippen LogP contribution in [0.4, 0.5) is 4.39 Å². The molecule has 0 radical (unpaired) electrons. The quantitative estimate of drug-likeness (QED) is 0.129. The minimum Gasteiger partial charge on any atom is -0.481 e. The lowest BCUT2D eigenvalue weighted by Gasteiger charge is -2.18. The first-order valence-corrected chi connectivity index (χ1v) is 14.6. The predicted octanol–water partition coefficient (Wildman–Crippen LogP) is 5.86. The number of hydrogen-bond donors (Lipinski definition) is 3. The van der Waals surface area contributed by atoms with Gasteiger partial charge in [0.2, 0.25) is 17.0 Å². The molecule has 1 aliphatic carbocycles. The van der Waals surface area contributed by atoms with Gasteiger partial charge in [0.25, 0.3) is 5.91 Å². The molecular weight excluding hydrogens is 565 g/mol. The molecule has 4 aromatic rings. The SMILES string of the molecule is CNC(=O)c1c(-c2ccc(Oc3ccc(F)cc3)cc2)oc2nc(CN(CCCCC(=O)O)S(=O)O)c(C3CC3)cc12. The van der Waals surface area contributed by atoms with Gasteiger partial charge in [-0.2, -0.15) is 4.31 Å². The number of hydrogen-bond acceptors (Lipinski definition) is 6. The summed E-state index contributed by atoms with van der Waals surface area (Å²) in [6.45, 7) is 0.290. The van der Waals surface area contributed by atoms with Crippen molar-refractivity contribution in [1.82, 2.24) is 14.6 Å². The Balaban J connectivity index is 1.47. The predicted molar refractivity (Wildman–Crippen MR) is 154 cm³/mol. The van der Waals surface area contributed by atoms with Crippen molar-refractivity contribution in [1.29, 1.82) is 0 Å². The summed E-state index contributed by atoms with van der Waals surface area (Å²) in [7, 11) is 1.53. The maximum Gasteiger partial charge on any atom is 0.303 e. The molecule has 220 valence electrons. The highest BCUT2D eigenvalue weighted by atomic mass is 32.2. The number of aliphatic carboxylic acids is 1. The molecule has 1 unspecified atom stereocenters. The zero-order chi connectivity index (χ0) is 29.8. The van der Waals surface area contributed by atoms with E-state index < -0.39 is 17.2 Å². The second-order valence-electron chi connectivity index (χ2n) is 10.1. The molecule has 0 spiro atoms. The zero-order valence-corrected chi connectivity index (χ0v) is 23.7. The van der Waals surface area contributed by atoms with Gasteiger partial charge in [0.05, 0.1) is 23.2 Å². The number of furan rings is 1. The molecule has 1 fully saturated rings. The summed E-state index contributed by atoms with van der Waals surface area (Å²) in [5.41, 5.74) is 2.65. The number of nitrogens with one attached hydrogen (secondary N) is 1. The van der Waals surface area contributed by atoms with Gasteiger partial charge in [-0.25, -0.2) is 13.6 Å². The highest BCUT2D eigenvalue weighted by Gasteiger charge is 2.31. The molecule has 1 saturated carbocycles. The maximum absolute atomic E-state index is 13.2. The third-order valence-electron chi connectivity index (χ3n) is 7.03. The van der Waals surface area contributed by atoms with Crippen LogP contribution in [0, 0.1) is 5.82 Å². The van der Waals surface area contributed by atoms with Crippen molar-refractivity contribution in [3.8, 4) is 22.8 Å². The van der Waals surface area contributed by atoms with E-state index in [-0.39, 0.29) is 42.9 Å². The third kappa shape index (κ3) is 6.84. The largest absolute Gasteiger partial charge is 0.481 e. The van der Waals surface area contributed by atoms with Crippen LogP contribution < -0.4 is 10.1 Å². The molecule has 0 saturated heterocycles. The van der Waals surface area contributed by atoms with Crippen LogP contribution in [0.3, 0.4) is 0 Å². The van der Waals surface area contributed by atoms with Crippen molar-refractivity contribution in [2.75, 3.05) is 13.6 Å². The minimum absolute atomic E-state index is 0.0137. The molecule has 0 aliphatic heterocycles. The van der Waals surface area contributed by atoms with Crippen molar-refractivity contribution in [3.63, 3.8) is 0 Å². The topological polar surface area (TPSA) is 142 Å². The second-order valence-corrected chi connectivity index (χ2v) is 11.0. The number of amides is 1. The smallest absolute Gasteiger partial charge is 0.303 e. The molecule has 1 amide bonds. The first kappa shape index (κ1) is 29.4. The van der Waals surface area contributed by atoms with E-state index in [1.165, 1.54) is 35.6 Å². The average molecular weight is 596 g/mol. The lowest BCUT2D eigenvalue weighted by Crippen LogP contribution is -2.27. The number of carboxylic acids is 1. The van der Waals surface area contributed by atoms with E-state index in [0.29, 0.717) is 52.3 Å². The van der Waals surface area contributed by atoms with Crippen LogP contribution in [-0.2, 0) is 22.6 Å². The van der Waals surface area contributed by atoms with Gasteiger partial charge in [-0.15, -0.1) is 0 Å². The lowest BCUT2D eigenvalue weighted by molar-refractivity contribution is -0.137. The van der Waals surface area contributed by atoms with Gasteiger partial charge < -0.3 is 19.6 Å². The van der Waals surface area contributed by atoms with E-state index in [2.05, 4.69) is 5.32 Å². The van der Waals surface area contributed by atoms with Gasteiger partial charge >= 0.3 is 5.97 Å². The van der Waals surface area contributed by atoms with Crippen molar-refractivity contribution in [3.05, 3.63) is 77.2 Å². The Kier molecular flexibility index (Phi) is 8.95. The number of rotatable bonds is 13. The van der Waals surface area contributed by atoms with E-state index in [1.807, 2.05) is 6.07 Å². The summed E-state index contributed by atoms with van der Waals surface area (Å²) in [6, 6.07) is 14.5. The highest BCUT2D eigenvalue weighted by Crippen LogP contribution is 2.44. The Bertz CT molecular complexity index is 1620. The van der Waals surface area contributed by atoms with Gasteiger partial charge in [-0.05, 0) is 91.8 Å². The Hall–Kier alpha value is -4.13. The summed E-state index contributed by atoms with van der Waals surface area (Å²) < 4.78 is 48.5. The number of pyridine rings is 1. The van der Waals surface area contributed by atoms with Crippen LogP contribution in [-0.4, -0.2) is 48.6 Å². The zero-order valence-electron chi connectivity index (χ0n) is 22.8. The normalized spacial score (nSPS) is 13.8. The molecule has 5 rings (SSSR count). The molecule has 10 nitrogen and oxygen atoms in total. The van der Waals surface area contributed by atoms with Gasteiger partial charge in [0.15, 0.2) is 0 Å². The minimum atomic E-state index is -2.29. The van der Waals surface area contributed by atoms with Crippen LogP contribution in [0.15, 0.2) is 59.0 Å². The van der Waals surface area contributed by atoms with Crippen LogP contribution in [0.5, 0.6) is 11.5 Å². The molecule has 1 atom stereocenters. The first-order chi connectivity index (χ1) is 20.2. The number of ether oxygens (including phenoxy) is 1. The third-order valence-corrected chi connectivity index (χ3v) is 7.78. The van der Waals surface area contributed by atoms with Crippen molar-refractivity contribution >= 4 is 34.2 Å². The number of halogens is 1. The van der Waals surface area contributed by atoms with E-state index in [4.69, 9.17) is 19.2 Å². The molecule has 42 heavy (non-hydrogen) atoms. The number of fused-ring (bicyclic) bond motifs is 1. The van der Waals surface area contributed by atoms with E-state index in [9.17, 15) is 22.7 Å². The van der Waals surface area contributed by atoms with Gasteiger partial charge in [-0.3, -0.25) is 14.1 Å². The molecule has 12 heteroatoms. The molecule has 3 N–H and O–H groups in total. The fraction of sp³-hybridized carbons (Fsp3) is 0.300. The Morgan fingerprint density at radius 2 is 1.79 bits per heavy atom. The summed E-state index contributed by atoms with van der Waals surface area (Å²) in [5, 5.41) is 12.1. The summed E-state index contributed by atoms with van der Waals surface area (Å²) in [4.78, 5) is 28.7. The van der Waals surface area contributed by atoms with Crippen molar-refractivity contribution in [2.24, 2.45) is 0 Å². The number of carbonyl (C=O) groups excluding carboxylic acids is 1. The number of carbonyl (C=O) groups is 2. The number of unbranched alkanes of at least 4 members (excludes halogenated alkanes) is 1. The van der Waals surface area contributed by atoms with Crippen LogP contribution >= 0.6 is 0 Å². The van der Waals surface area contributed by atoms with E-state index in [1.54, 1.807) is 24.3 Å². The maximum atomic E-state index is 13.2. The van der Waals surface area contributed by atoms with Gasteiger partial charge in [0, 0.05) is 25.6 Å². The second kappa shape index (κ2) is 12.8.